The van der Waals surface area contributed by atoms with Crippen LogP contribution < -0.4 is 5.32 Å². The van der Waals surface area contributed by atoms with Crippen molar-refractivity contribution in [3.05, 3.63) is 29.8 Å². The fraction of sp³-hybridized carbons (Fsp3) is 0.385. The summed E-state index contributed by atoms with van der Waals surface area (Å²) < 4.78 is 0. The summed E-state index contributed by atoms with van der Waals surface area (Å²) in [6.45, 7) is 2.25. The molecule has 1 fully saturated rings. The lowest BCUT2D eigenvalue weighted by Crippen LogP contribution is -2.13. The van der Waals surface area contributed by atoms with Crippen molar-refractivity contribution in [2.75, 3.05) is 11.9 Å². The van der Waals surface area contributed by atoms with Gasteiger partial charge < -0.3 is 5.32 Å². The number of carbonyl (C=O) groups excluding carboxylic acids is 1. The minimum absolute atomic E-state index is 0.0715. The van der Waals surface area contributed by atoms with E-state index < -0.39 is 0 Å². The van der Waals surface area contributed by atoms with Crippen molar-refractivity contribution in [3.63, 3.8) is 0 Å². The minimum Gasteiger partial charge on any atom is -0.383 e. The second-order valence-corrected chi connectivity index (χ2v) is 4.38. The zero-order chi connectivity index (χ0) is 11.6. The first-order valence-corrected chi connectivity index (χ1v) is 5.41. The van der Waals surface area contributed by atoms with E-state index in [0.29, 0.717) is 12.1 Å². The molecule has 0 heterocycles. The number of nitriles is 1. The van der Waals surface area contributed by atoms with E-state index >= 15 is 0 Å². The SMILES string of the molecule is CC(=O)c1ccc(NCC2(C#N)CC2)cc1. The Hall–Kier alpha value is -1.82. The van der Waals surface area contributed by atoms with E-state index in [1.807, 2.05) is 12.1 Å². The summed E-state index contributed by atoms with van der Waals surface area (Å²) in [5.41, 5.74) is 1.54. The van der Waals surface area contributed by atoms with Gasteiger partial charge in [-0.15, -0.1) is 0 Å². The van der Waals surface area contributed by atoms with Crippen LogP contribution in [0, 0.1) is 16.7 Å². The molecule has 82 valence electrons. The van der Waals surface area contributed by atoms with Gasteiger partial charge in [0.15, 0.2) is 5.78 Å². The number of anilines is 1. The van der Waals surface area contributed by atoms with Gasteiger partial charge in [-0.3, -0.25) is 4.79 Å². The van der Waals surface area contributed by atoms with Gasteiger partial charge in [0.25, 0.3) is 0 Å². The number of carbonyl (C=O) groups is 1. The Balaban J connectivity index is 1.96. The molecule has 0 amide bonds. The smallest absolute Gasteiger partial charge is 0.159 e. The molecule has 0 saturated heterocycles. The number of hydrogen-bond donors (Lipinski definition) is 1. The van der Waals surface area contributed by atoms with E-state index in [-0.39, 0.29) is 11.2 Å². The Labute approximate surface area is 95.1 Å². The van der Waals surface area contributed by atoms with Crippen molar-refractivity contribution in [1.82, 2.24) is 0 Å². The monoisotopic (exact) mass is 214 g/mol. The van der Waals surface area contributed by atoms with Crippen molar-refractivity contribution >= 4 is 11.5 Å². The lowest BCUT2D eigenvalue weighted by atomic mass is 10.1. The molecule has 0 radical (unpaired) electrons. The van der Waals surface area contributed by atoms with Crippen LogP contribution in [-0.4, -0.2) is 12.3 Å². The second-order valence-electron chi connectivity index (χ2n) is 4.38. The van der Waals surface area contributed by atoms with Gasteiger partial charge in [-0.1, -0.05) is 0 Å². The molecule has 0 unspecified atom stereocenters. The average Bonchev–Trinajstić information content (AvgIpc) is 3.08. The minimum atomic E-state index is -0.140. The molecule has 1 aliphatic rings. The normalized spacial score (nSPS) is 16.2. The number of nitrogens with one attached hydrogen (secondary N) is 1. The molecule has 2 rings (SSSR count). The molecular formula is C13H14N2O. The number of Topliss-reactive ketones (excluding diaryl/α,β-unsaturated/α-hetero) is 1. The van der Waals surface area contributed by atoms with Gasteiger partial charge in [0.2, 0.25) is 0 Å². The highest BCUT2D eigenvalue weighted by Crippen LogP contribution is 2.44. The van der Waals surface area contributed by atoms with Crippen LogP contribution in [0.25, 0.3) is 0 Å². The van der Waals surface area contributed by atoms with Gasteiger partial charge in [-0.25, -0.2) is 0 Å². The second kappa shape index (κ2) is 3.97. The third-order valence-electron chi connectivity index (χ3n) is 3.01. The van der Waals surface area contributed by atoms with E-state index in [1.54, 1.807) is 19.1 Å². The maximum atomic E-state index is 11.1. The standard InChI is InChI=1S/C13H14N2O/c1-10(16)11-2-4-12(5-3-11)15-9-13(8-14)6-7-13/h2-5,15H,6-7,9H2,1H3. The predicted octanol–water partition coefficient (Wildman–Crippen LogP) is 2.60. The maximum Gasteiger partial charge on any atom is 0.159 e. The van der Waals surface area contributed by atoms with Crippen molar-refractivity contribution in [3.8, 4) is 6.07 Å². The summed E-state index contributed by atoms with van der Waals surface area (Å²) in [5.74, 6) is 0.0715. The molecule has 3 heteroatoms. The van der Waals surface area contributed by atoms with E-state index in [9.17, 15) is 4.79 Å². The van der Waals surface area contributed by atoms with E-state index in [4.69, 9.17) is 5.26 Å². The Morgan fingerprint density at radius 2 is 2.06 bits per heavy atom. The first kappa shape index (κ1) is 10.7. The molecule has 0 bridgehead atoms. The zero-order valence-electron chi connectivity index (χ0n) is 9.29. The first-order valence-electron chi connectivity index (χ1n) is 5.41. The lowest BCUT2D eigenvalue weighted by molar-refractivity contribution is 0.101. The van der Waals surface area contributed by atoms with Crippen molar-refractivity contribution in [2.45, 2.75) is 19.8 Å². The molecule has 16 heavy (non-hydrogen) atoms. The highest BCUT2D eigenvalue weighted by atomic mass is 16.1. The molecule has 0 spiro atoms. The van der Waals surface area contributed by atoms with Crippen LogP contribution >= 0.6 is 0 Å². The van der Waals surface area contributed by atoms with Crippen LogP contribution in [0.2, 0.25) is 0 Å². The molecule has 0 aromatic heterocycles. The summed E-state index contributed by atoms with van der Waals surface area (Å²) in [4.78, 5) is 11.1. The zero-order valence-corrected chi connectivity index (χ0v) is 9.29. The molecular weight excluding hydrogens is 200 g/mol. The van der Waals surface area contributed by atoms with Gasteiger partial charge in [0, 0.05) is 17.8 Å². The maximum absolute atomic E-state index is 11.1. The van der Waals surface area contributed by atoms with Crippen LogP contribution in [0.5, 0.6) is 0 Å². The largest absolute Gasteiger partial charge is 0.383 e. The summed E-state index contributed by atoms with van der Waals surface area (Å²) >= 11 is 0. The fourth-order valence-corrected chi connectivity index (χ4v) is 1.57. The molecule has 3 nitrogen and oxygen atoms in total. The van der Waals surface area contributed by atoms with Crippen molar-refractivity contribution < 1.29 is 4.79 Å². The lowest BCUT2D eigenvalue weighted by Gasteiger charge is -2.09. The van der Waals surface area contributed by atoms with E-state index in [0.717, 1.165) is 18.5 Å². The van der Waals surface area contributed by atoms with E-state index in [1.165, 1.54) is 0 Å². The molecule has 1 saturated carbocycles. The third kappa shape index (κ3) is 2.22. The Morgan fingerprint density at radius 3 is 2.50 bits per heavy atom. The fourth-order valence-electron chi connectivity index (χ4n) is 1.57. The Bertz CT molecular complexity index is 438. The Kier molecular flexibility index (Phi) is 2.66. The highest BCUT2D eigenvalue weighted by molar-refractivity contribution is 5.94. The van der Waals surface area contributed by atoms with Crippen LogP contribution in [0.4, 0.5) is 5.69 Å². The average molecular weight is 214 g/mol. The topological polar surface area (TPSA) is 52.9 Å². The number of nitrogens with zero attached hydrogens (tertiary/aromatic N) is 1. The van der Waals surface area contributed by atoms with Gasteiger partial charge in [-0.05, 0) is 44.0 Å². The molecule has 0 atom stereocenters. The van der Waals surface area contributed by atoms with Crippen LogP contribution in [-0.2, 0) is 0 Å². The summed E-state index contributed by atoms with van der Waals surface area (Å²) in [5, 5.41) is 12.1. The summed E-state index contributed by atoms with van der Waals surface area (Å²) in [7, 11) is 0. The molecule has 1 N–H and O–H groups in total. The summed E-state index contributed by atoms with van der Waals surface area (Å²) in [6, 6.07) is 9.70. The van der Waals surface area contributed by atoms with Crippen LogP contribution in [0.1, 0.15) is 30.1 Å². The van der Waals surface area contributed by atoms with Crippen molar-refractivity contribution in [2.24, 2.45) is 5.41 Å². The molecule has 0 aliphatic heterocycles. The van der Waals surface area contributed by atoms with Crippen LogP contribution in [0.15, 0.2) is 24.3 Å². The van der Waals surface area contributed by atoms with Crippen molar-refractivity contribution in [1.29, 1.82) is 5.26 Å². The number of benzene rings is 1. The number of hydrogen-bond acceptors (Lipinski definition) is 3. The number of rotatable bonds is 4. The summed E-state index contributed by atoms with van der Waals surface area (Å²) in [6.07, 6.45) is 1.98. The quantitative estimate of drug-likeness (QED) is 0.784. The van der Waals surface area contributed by atoms with Gasteiger partial charge >= 0.3 is 0 Å². The molecule has 1 aromatic carbocycles. The number of ketones is 1. The predicted molar refractivity (Wildman–Crippen MR) is 62.2 cm³/mol. The first-order chi connectivity index (χ1) is 7.65. The van der Waals surface area contributed by atoms with Gasteiger partial charge in [-0.2, -0.15) is 5.26 Å². The van der Waals surface area contributed by atoms with Gasteiger partial charge in [0.1, 0.15) is 0 Å². The third-order valence-corrected chi connectivity index (χ3v) is 3.01. The molecule has 1 aliphatic carbocycles. The van der Waals surface area contributed by atoms with Gasteiger partial charge in [0.05, 0.1) is 11.5 Å². The Morgan fingerprint density at radius 1 is 1.44 bits per heavy atom. The van der Waals surface area contributed by atoms with E-state index in [2.05, 4.69) is 11.4 Å². The van der Waals surface area contributed by atoms with Crippen LogP contribution in [0.3, 0.4) is 0 Å². The highest BCUT2D eigenvalue weighted by Gasteiger charge is 2.42. The molecule has 1 aromatic rings.